The van der Waals surface area contributed by atoms with Gasteiger partial charge in [-0.15, -0.1) is 0 Å². The molecule has 5 N–H and O–H groups in total. The van der Waals surface area contributed by atoms with Crippen molar-refractivity contribution in [3.05, 3.63) is 71.8 Å². The van der Waals surface area contributed by atoms with Crippen LogP contribution in [-0.4, -0.2) is 62.5 Å². The molecule has 1 fully saturated rings. The number of hydrogen-bond acceptors (Lipinski definition) is 6. The number of rotatable bonds is 4. The maximum atomic E-state index is 12.0. The molecule has 1 aromatic rings. The summed E-state index contributed by atoms with van der Waals surface area (Å²) >= 11 is 0. The molecule has 7 heteroatoms. The van der Waals surface area contributed by atoms with E-state index in [9.17, 15) is 30.3 Å². The van der Waals surface area contributed by atoms with Crippen LogP contribution >= 0.6 is 0 Å². The maximum Gasteiger partial charge on any atom is 0.336 e. The smallest absolute Gasteiger partial charge is 0.336 e. The second kappa shape index (κ2) is 8.14. The lowest BCUT2D eigenvalue weighted by Gasteiger charge is -2.40. The molecule has 0 aromatic heterocycles. The minimum atomic E-state index is -1.49. The van der Waals surface area contributed by atoms with Crippen molar-refractivity contribution in [3.8, 4) is 22.3 Å². The fourth-order valence-corrected chi connectivity index (χ4v) is 4.01. The molecular weight excluding hydrogens is 388 g/mol. The average molecular weight is 410 g/mol. The molecule has 2 aliphatic carbocycles. The Morgan fingerprint density at radius 1 is 0.833 bits per heavy atom. The Hall–Kier alpha value is -2.81. The molecule has 0 radical (unpaired) electrons. The van der Waals surface area contributed by atoms with Gasteiger partial charge in [0.15, 0.2) is 0 Å². The summed E-state index contributed by atoms with van der Waals surface area (Å²) in [6, 6.07) is 17.7. The summed E-state index contributed by atoms with van der Waals surface area (Å²) in [4.78, 5) is 12.0. The van der Waals surface area contributed by atoms with E-state index in [1.807, 2.05) is 18.2 Å². The summed E-state index contributed by atoms with van der Waals surface area (Å²) in [7, 11) is 0. The van der Waals surface area contributed by atoms with Crippen LogP contribution < -0.4 is 0 Å². The molecule has 0 spiro atoms. The Balaban J connectivity index is 1.79. The van der Waals surface area contributed by atoms with Crippen molar-refractivity contribution >= 4 is 5.97 Å². The summed E-state index contributed by atoms with van der Waals surface area (Å²) in [6.45, 7) is -0.518. The summed E-state index contributed by atoms with van der Waals surface area (Å²) in [5.41, 5.74) is 3.20. The van der Waals surface area contributed by atoms with Gasteiger partial charge in [0.25, 0.3) is 0 Å². The van der Waals surface area contributed by atoms with E-state index in [1.54, 1.807) is 42.5 Å². The van der Waals surface area contributed by atoms with Crippen molar-refractivity contribution < 1.29 is 35.1 Å². The summed E-state index contributed by atoms with van der Waals surface area (Å²) in [5, 5.41) is 49.7. The highest BCUT2D eigenvalue weighted by Gasteiger charge is 2.44. The average Bonchev–Trinajstić information content (AvgIpc) is 2.96. The van der Waals surface area contributed by atoms with Gasteiger partial charge in [-0.05, 0) is 39.9 Å². The monoisotopic (exact) mass is 410 g/mol. The van der Waals surface area contributed by atoms with Gasteiger partial charge in [0.2, 0.25) is 0 Å². The summed E-state index contributed by atoms with van der Waals surface area (Å²) in [5.74, 6) is -1.05. The molecule has 5 atom stereocenters. The molecule has 1 aromatic carbocycles. The lowest BCUT2D eigenvalue weighted by Crippen LogP contribution is -2.55. The van der Waals surface area contributed by atoms with Gasteiger partial charge >= 0.3 is 5.97 Å². The van der Waals surface area contributed by atoms with Crippen LogP contribution in [0, 0.1) is 0 Å². The van der Waals surface area contributed by atoms with Crippen molar-refractivity contribution in [3.63, 3.8) is 0 Å². The van der Waals surface area contributed by atoms with Crippen LogP contribution in [0.1, 0.15) is 22.0 Å². The molecule has 0 saturated carbocycles. The van der Waals surface area contributed by atoms with Gasteiger partial charge in [-0.3, -0.25) is 0 Å². The number of carbonyl (C=O) groups is 1. The van der Waals surface area contributed by atoms with Crippen LogP contribution in [-0.2, 0) is 4.74 Å². The third kappa shape index (κ3) is 3.47. The topological polar surface area (TPSA) is 127 Å². The predicted molar refractivity (Wildman–Crippen MR) is 108 cm³/mol. The van der Waals surface area contributed by atoms with Crippen molar-refractivity contribution in [2.45, 2.75) is 30.5 Å². The second-order valence-corrected chi connectivity index (χ2v) is 7.39. The fourth-order valence-electron chi connectivity index (χ4n) is 4.01. The highest BCUT2D eigenvalue weighted by molar-refractivity contribution is 6.06. The molecule has 7 nitrogen and oxygen atoms in total. The molecule has 0 unspecified atom stereocenters. The first-order valence-electron chi connectivity index (χ1n) is 9.58. The minimum absolute atomic E-state index is 0.173. The quantitative estimate of drug-likeness (QED) is 0.443. The molecule has 0 amide bonds. The molecule has 1 aliphatic heterocycles. The number of carboxylic acid groups (broad SMARTS) is 1. The predicted octanol–water partition coefficient (Wildman–Crippen LogP) is 1.67. The van der Waals surface area contributed by atoms with Gasteiger partial charge in [-0.2, -0.15) is 0 Å². The third-order valence-corrected chi connectivity index (χ3v) is 5.54. The number of ether oxygens (including phenoxy) is 1. The third-order valence-electron chi connectivity index (χ3n) is 5.54. The first-order chi connectivity index (χ1) is 14.4. The summed E-state index contributed by atoms with van der Waals surface area (Å²) < 4.78 is 5.63. The Morgan fingerprint density at radius 2 is 1.53 bits per heavy atom. The lowest BCUT2D eigenvalue weighted by molar-refractivity contribution is -0.231. The summed E-state index contributed by atoms with van der Waals surface area (Å²) in [6.07, 6.45) is -6.34. The van der Waals surface area contributed by atoms with E-state index in [4.69, 9.17) is 4.74 Å². The Kier molecular flexibility index (Phi) is 5.55. The number of hydrogen-bond donors (Lipinski definition) is 5. The number of aromatic carboxylic acids is 1. The molecule has 4 rings (SSSR count). The first kappa shape index (κ1) is 20.5. The van der Waals surface area contributed by atoms with Crippen LogP contribution in [0.2, 0.25) is 0 Å². The van der Waals surface area contributed by atoms with E-state index in [2.05, 4.69) is 0 Å². The molecule has 0 bridgehead atoms. The minimum Gasteiger partial charge on any atom is -0.478 e. The van der Waals surface area contributed by atoms with Crippen LogP contribution in [0.25, 0.3) is 22.3 Å². The van der Waals surface area contributed by atoms with E-state index in [1.165, 1.54) is 0 Å². The lowest BCUT2D eigenvalue weighted by atomic mass is 9.90. The van der Waals surface area contributed by atoms with Crippen molar-refractivity contribution in [2.75, 3.05) is 6.61 Å². The SMILES string of the molecule is O=C(O)c1c2cccccc-2cc1-c1cccc([C@@H]2O[C@H](CO)[C@@H](O)[C@H](O)[C@H]2O)c1. The zero-order valence-electron chi connectivity index (χ0n) is 15.9. The molecule has 3 aliphatic rings. The van der Waals surface area contributed by atoms with Gasteiger partial charge in [0, 0.05) is 0 Å². The highest BCUT2D eigenvalue weighted by atomic mass is 16.5. The number of carboxylic acids is 1. The zero-order valence-corrected chi connectivity index (χ0v) is 15.9. The van der Waals surface area contributed by atoms with Gasteiger partial charge in [0.05, 0.1) is 12.2 Å². The van der Waals surface area contributed by atoms with Crippen LogP contribution in [0.5, 0.6) is 0 Å². The zero-order chi connectivity index (χ0) is 21.4. The van der Waals surface area contributed by atoms with E-state index >= 15 is 0 Å². The van der Waals surface area contributed by atoms with Gasteiger partial charge in [-0.25, -0.2) is 4.79 Å². The van der Waals surface area contributed by atoms with E-state index in [0.29, 0.717) is 22.3 Å². The Morgan fingerprint density at radius 3 is 2.27 bits per heavy atom. The largest absolute Gasteiger partial charge is 0.478 e. The fraction of sp³-hybridized carbons (Fsp3) is 0.261. The molecule has 1 heterocycles. The van der Waals surface area contributed by atoms with Gasteiger partial charge in [0.1, 0.15) is 30.5 Å². The van der Waals surface area contributed by atoms with E-state index < -0.39 is 43.1 Å². The van der Waals surface area contributed by atoms with E-state index in [0.717, 1.165) is 5.56 Å². The Labute approximate surface area is 172 Å². The van der Waals surface area contributed by atoms with Gasteiger partial charge in [-0.1, -0.05) is 48.5 Å². The van der Waals surface area contributed by atoms with Crippen LogP contribution in [0.15, 0.2) is 60.7 Å². The van der Waals surface area contributed by atoms with Crippen molar-refractivity contribution in [1.82, 2.24) is 0 Å². The maximum absolute atomic E-state index is 12.0. The Bertz CT molecular complexity index is 1030. The standard InChI is InChI=1S/C23H22O7/c24-11-17-19(25)20(26)21(27)22(30-17)14-7-4-6-12(9-14)16-10-13-5-2-1-3-8-15(13)18(16)23(28)29/h1-10,17,19-22,24-27H,11H2,(H,28,29)/t17-,19-,20+,21-,22+/m1/s1. The molecule has 30 heavy (non-hydrogen) atoms. The number of aliphatic hydroxyl groups excluding tert-OH is 4. The van der Waals surface area contributed by atoms with E-state index in [-0.39, 0.29) is 5.56 Å². The number of benzene rings is 1. The highest BCUT2D eigenvalue weighted by Crippen LogP contribution is 2.39. The normalized spacial score (nSPS) is 26.6. The van der Waals surface area contributed by atoms with Gasteiger partial charge < -0.3 is 30.3 Å². The van der Waals surface area contributed by atoms with Crippen LogP contribution in [0.3, 0.4) is 0 Å². The second-order valence-electron chi connectivity index (χ2n) is 7.39. The molecular formula is C23H22O7. The number of fused-ring (bicyclic) bond motifs is 1. The van der Waals surface area contributed by atoms with Crippen LogP contribution in [0.4, 0.5) is 0 Å². The van der Waals surface area contributed by atoms with Crippen molar-refractivity contribution in [1.29, 1.82) is 0 Å². The van der Waals surface area contributed by atoms with Crippen molar-refractivity contribution in [2.24, 2.45) is 0 Å². The molecule has 156 valence electrons. The molecule has 1 saturated heterocycles. The number of aliphatic hydroxyl groups is 4. The first-order valence-corrected chi connectivity index (χ1v) is 9.58.